The molecule has 0 amide bonds. The Balaban J connectivity index is 1.74. The SMILES string of the molecule is O[C@H]1CCC[C@H]1n1cc(Cc2ccccc2)c(-c2ccccc2)n1. The number of aliphatic hydroxyl groups is 1. The van der Waals surface area contributed by atoms with E-state index >= 15 is 0 Å². The molecular weight excluding hydrogens is 296 g/mol. The van der Waals surface area contributed by atoms with Crippen LogP contribution in [0.4, 0.5) is 0 Å². The van der Waals surface area contributed by atoms with Crippen molar-refractivity contribution in [1.82, 2.24) is 9.78 Å². The van der Waals surface area contributed by atoms with E-state index in [1.54, 1.807) is 0 Å². The Morgan fingerprint density at radius 1 is 0.958 bits per heavy atom. The summed E-state index contributed by atoms with van der Waals surface area (Å²) < 4.78 is 2.00. The average Bonchev–Trinajstić information content (AvgIpc) is 3.23. The molecule has 2 atom stereocenters. The summed E-state index contributed by atoms with van der Waals surface area (Å²) in [5.74, 6) is 0. The predicted molar refractivity (Wildman–Crippen MR) is 95.8 cm³/mol. The molecule has 0 radical (unpaired) electrons. The second kappa shape index (κ2) is 6.62. The monoisotopic (exact) mass is 318 g/mol. The molecule has 0 aliphatic heterocycles. The van der Waals surface area contributed by atoms with Gasteiger partial charge in [-0.25, -0.2) is 0 Å². The minimum absolute atomic E-state index is 0.108. The number of benzene rings is 2. The molecule has 1 N–H and O–H groups in total. The molecule has 1 saturated carbocycles. The smallest absolute Gasteiger partial charge is 0.0958 e. The third kappa shape index (κ3) is 3.00. The highest BCUT2D eigenvalue weighted by Gasteiger charge is 2.28. The molecule has 3 nitrogen and oxygen atoms in total. The largest absolute Gasteiger partial charge is 0.391 e. The lowest BCUT2D eigenvalue weighted by Gasteiger charge is -2.14. The van der Waals surface area contributed by atoms with Gasteiger partial charge in [0.05, 0.1) is 17.8 Å². The molecule has 0 spiro atoms. The van der Waals surface area contributed by atoms with Gasteiger partial charge < -0.3 is 5.11 Å². The van der Waals surface area contributed by atoms with Crippen molar-refractivity contribution in [2.75, 3.05) is 0 Å². The topological polar surface area (TPSA) is 38.0 Å². The molecule has 122 valence electrons. The molecular formula is C21H22N2O. The zero-order valence-electron chi connectivity index (χ0n) is 13.7. The molecule has 3 heteroatoms. The molecule has 4 rings (SSSR count). The van der Waals surface area contributed by atoms with E-state index in [2.05, 4.69) is 42.6 Å². The first kappa shape index (κ1) is 15.2. The summed E-state index contributed by atoms with van der Waals surface area (Å²) in [6.45, 7) is 0. The van der Waals surface area contributed by atoms with Gasteiger partial charge in [-0.1, -0.05) is 60.7 Å². The lowest BCUT2D eigenvalue weighted by molar-refractivity contribution is 0.130. The van der Waals surface area contributed by atoms with Gasteiger partial charge in [-0.15, -0.1) is 0 Å². The molecule has 0 saturated heterocycles. The van der Waals surface area contributed by atoms with E-state index in [0.29, 0.717) is 0 Å². The summed E-state index contributed by atoms with van der Waals surface area (Å²) >= 11 is 0. The fourth-order valence-corrected chi connectivity index (χ4v) is 3.61. The van der Waals surface area contributed by atoms with Crippen LogP contribution in [-0.4, -0.2) is 21.0 Å². The van der Waals surface area contributed by atoms with E-state index in [4.69, 9.17) is 5.10 Å². The summed E-state index contributed by atoms with van der Waals surface area (Å²) in [6.07, 6.45) is 5.65. The van der Waals surface area contributed by atoms with E-state index in [0.717, 1.165) is 36.9 Å². The molecule has 0 bridgehead atoms. The molecule has 1 aromatic heterocycles. The first-order valence-electron chi connectivity index (χ1n) is 8.67. The molecule has 3 aromatic rings. The maximum atomic E-state index is 10.2. The van der Waals surface area contributed by atoms with Gasteiger partial charge in [0.2, 0.25) is 0 Å². The van der Waals surface area contributed by atoms with Crippen molar-refractivity contribution in [2.45, 2.75) is 37.8 Å². The minimum Gasteiger partial charge on any atom is -0.391 e. The van der Waals surface area contributed by atoms with Gasteiger partial charge in [0.25, 0.3) is 0 Å². The van der Waals surface area contributed by atoms with E-state index in [9.17, 15) is 5.11 Å². The van der Waals surface area contributed by atoms with Crippen LogP contribution in [0.5, 0.6) is 0 Å². The normalized spacial score (nSPS) is 20.4. The highest BCUT2D eigenvalue weighted by Crippen LogP contribution is 2.32. The third-order valence-corrected chi connectivity index (χ3v) is 4.88. The Kier molecular flexibility index (Phi) is 4.18. The van der Waals surface area contributed by atoms with Crippen LogP contribution in [0.1, 0.15) is 36.4 Å². The maximum Gasteiger partial charge on any atom is 0.0958 e. The van der Waals surface area contributed by atoms with Gasteiger partial charge in [-0.05, 0) is 24.8 Å². The van der Waals surface area contributed by atoms with Crippen LogP contribution >= 0.6 is 0 Å². The first-order chi connectivity index (χ1) is 11.8. The molecule has 0 unspecified atom stereocenters. The fraction of sp³-hybridized carbons (Fsp3) is 0.286. The summed E-state index contributed by atoms with van der Waals surface area (Å²) in [7, 11) is 0. The Hall–Kier alpha value is -2.39. The van der Waals surface area contributed by atoms with Gasteiger partial charge in [-0.3, -0.25) is 4.68 Å². The number of rotatable bonds is 4. The van der Waals surface area contributed by atoms with Gasteiger partial charge in [0.15, 0.2) is 0 Å². The standard InChI is InChI=1S/C21H22N2O/c24-20-13-7-12-19(20)23-15-18(14-16-8-3-1-4-9-16)21(22-23)17-10-5-2-6-11-17/h1-6,8-11,15,19-20,24H,7,12-14H2/t19-,20+/m1/s1. The molecule has 2 aromatic carbocycles. The van der Waals surface area contributed by atoms with Gasteiger partial charge in [0.1, 0.15) is 0 Å². The second-order valence-electron chi connectivity index (χ2n) is 6.58. The average molecular weight is 318 g/mol. The Morgan fingerprint density at radius 3 is 2.33 bits per heavy atom. The Morgan fingerprint density at radius 2 is 1.67 bits per heavy atom. The van der Waals surface area contributed by atoms with Crippen LogP contribution in [0.25, 0.3) is 11.3 Å². The maximum absolute atomic E-state index is 10.2. The van der Waals surface area contributed by atoms with E-state index < -0.39 is 0 Å². The second-order valence-corrected chi connectivity index (χ2v) is 6.58. The lowest BCUT2D eigenvalue weighted by Crippen LogP contribution is -2.18. The summed E-state index contributed by atoms with van der Waals surface area (Å²) in [5, 5.41) is 15.1. The highest BCUT2D eigenvalue weighted by atomic mass is 16.3. The number of hydrogen-bond acceptors (Lipinski definition) is 2. The summed E-state index contributed by atoms with van der Waals surface area (Å²) in [6, 6.07) is 20.9. The van der Waals surface area contributed by atoms with E-state index in [-0.39, 0.29) is 12.1 Å². The van der Waals surface area contributed by atoms with Crippen molar-refractivity contribution < 1.29 is 5.11 Å². The highest BCUT2D eigenvalue weighted by molar-refractivity contribution is 5.63. The van der Waals surface area contributed by atoms with E-state index in [1.165, 1.54) is 11.1 Å². The van der Waals surface area contributed by atoms with Gasteiger partial charge >= 0.3 is 0 Å². The first-order valence-corrected chi connectivity index (χ1v) is 8.67. The zero-order chi connectivity index (χ0) is 16.4. The van der Waals surface area contributed by atoms with Crippen LogP contribution in [0.15, 0.2) is 66.9 Å². The zero-order valence-corrected chi connectivity index (χ0v) is 13.7. The number of aromatic nitrogens is 2. The number of hydrogen-bond donors (Lipinski definition) is 1. The van der Waals surface area contributed by atoms with Crippen molar-refractivity contribution in [3.05, 3.63) is 78.0 Å². The molecule has 24 heavy (non-hydrogen) atoms. The van der Waals surface area contributed by atoms with Crippen molar-refractivity contribution in [3.63, 3.8) is 0 Å². The minimum atomic E-state index is -0.280. The third-order valence-electron chi connectivity index (χ3n) is 4.88. The summed E-state index contributed by atoms with van der Waals surface area (Å²) in [4.78, 5) is 0. The van der Waals surface area contributed by atoms with Crippen molar-refractivity contribution in [2.24, 2.45) is 0 Å². The molecule has 1 aliphatic rings. The van der Waals surface area contributed by atoms with Crippen molar-refractivity contribution >= 4 is 0 Å². The molecule has 1 fully saturated rings. The Labute approximate surface area is 142 Å². The van der Waals surface area contributed by atoms with Gasteiger partial charge in [-0.2, -0.15) is 5.10 Å². The van der Waals surface area contributed by atoms with Crippen LogP contribution in [0, 0.1) is 0 Å². The number of aliphatic hydroxyl groups excluding tert-OH is 1. The summed E-state index contributed by atoms with van der Waals surface area (Å²) in [5.41, 5.74) is 4.65. The fourth-order valence-electron chi connectivity index (χ4n) is 3.61. The van der Waals surface area contributed by atoms with Gasteiger partial charge in [0, 0.05) is 23.7 Å². The van der Waals surface area contributed by atoms with Crippen LogP contribution < -0.4 is 0 Å². The van der Waals surface area contributed by atoms with Crippen LogP contribution in [-0.2, 0) is 6.42 Å². The molecule has 1 aliphatic carbocycles. The number of nitrogens with zero attached hydrogens (tertiary/aromatic N) is 2. The van der Waals surface area contributed by atoms with E-state index in [1.807, 2.05) is 28.9 Å². The Bertz CT molecular complexity index is 795. The molecule has 1 heterocycles. The van der Waals surface area contributed by atoms with Crippen LogP contribution in [0.3, 0.4) is 0 Å². The van der Waals surface area contributed by atoms with Crippen molar-refractivity contribution in [1.29, 1.82) is 0 Å². The van der Waals surface area contributed by atoms with Crippen molar-refractivity contribution in [3.8, 4) is 11.3 Å². The predicted octanol–water partition coefficient (Wildman–Crippen LogP) is 4.23. The van der Waals surface area contributed by atoms with Crippen LogP contribution in [0.2, 0.25) is 0 Å². The lowest BCUT2D eigenvalue weighted by atomic mass is 10.0. The quantitative estimate of drug-likeness (QED) is 0.782.